The fourth-order valence-corrected chi connectivity index (χ4v) is 0.413. The van der Waals surface area contributed by atoms with Gasteiger partial charge in [-0.25, -0.2) is 4.99 Å². The number of nitriles is 2. The quantitative estimate of drug-likeness (QED) is 0.221. The van der Waals surface area contributed by atoms with Crippen molar-refractivity contribution in [2.45, 2.75) is 0 Å². The lowest BCUT2D eigenvalue weighted by atomic mass is 10.4. The minimum absolute atomic E-state index is 0.161. The summed E-state index contributed by atoms with van der Waals surface area (Å²) in [4.78, 5) is 3.53. The maximum atomic E-state index is 8.46. The molecule has 13 heavy (non-hydrogen) atoms. The predicted molar refractivity (Wildman–Crippen MR) is 47.1 cm³/mol. The Balaban J connectivity index is 4.34. The molecule has 2 N–H and O–H groups in total. The molecular weight excluding hydrogens is 168 g/mol. The number of aliphatic imine (C=N–C) groups is 1. The molecule has 0 aliphatic carbocycles. The van der Waals surface area contributed by atoms with Gasteiger partial charge in [0.15, 0.2) is 12.1 Å². The lowest BCUT2D eigenvalue weighted by Crippen LogP contribution is -1.98. The van der Waals surface area contributed by atoms with Gasteiger partial charge in [0, 0.05) is 0 Å². The van der Waals surface area contributed by atoms with E-state index < -0.39 is 0 Å². The molecule has 0 aromatic carbocycles. The van der Waals surface area contributed by atoms with Gasteiger partial charge in [0.2, 0.25) is 0 Å². The number of hydrogen-bond donors (Lipinski definition) is 1. The maximum Gasteiger partial charge on any atom is 0.177 e. The molecule has 0 spiro atoms. The van der Waals surface area contributed by atoms with Crippen molar-refractivity contribution in [3.63, 3.8) is 0 Å². The van der Waals surface area contributed by atoms with Crippen LogP contribution in [0.3, 0.4) is 0 Å². The van der Waals surface area contributed by atoms with Crippen molar-refractivity contribution in [2.24, 2.45) is 10.7 Å². The number of nitrogens with zero attached hydrogens (tertiary/aromatic N) is 3. The van der Waals surface area contributed by atoms with Crippen molar-refractivity contribution in [1.82, 2.24) is 0 Å². The molecule has 0 aromatic rings. The minimum Gasteiger partial charge on any atom is -0.479 e. The first-order valence-corrected chi connectivity index (χ1v) is 3.31. The summed E-state index contributed by atoms with van der Waals surface area (Å²) in [7, 11) is 0. The first kappa shape index (κ1) is 10.7. The van der Waals surface area contributed by atoms with E-state index in [0.717, 1.165) is 6.40 Å². The van der Waals surface area contributed by atoms with Gasteiger partial charge in [-0.15, -0.1) is 0 Å². The summed E-state index contributed by atoms with van der Waals surface area (Å²) in [5, 5.41) is 16.8. The molecule has 5 nitrogen and oxygen atoms in total. The van der Waals surface area contributed by atoms with E-state index in [9.17, 15) is 0 Å². The highest BCUT2D eigenvalue weighted by molar-refractivity contribution is 5.52. The number of nitrogens with two attached hydrogens (primary N) is 1. The van der Waals surface area contributed by atoms with Crippen molar-refractivity contribution in [1.29, 1.82) is 10.5 Å². The van der Waals surface area contributed by atoms with E-state index in [-0.39, 0.29) is 18.0 Å². The largest absolute Gasteiger partial charge is 0.479 e. The molecule has 0 rings (SSSR count). The van der Waals surface area contributed by atoms with E-state index in [1.54, 1.807) is 12.1 Å². The predicted octanol–water partition coefficient (Wildman–Crippen LogP) is 0.435. The van der Waals surface area contributed by atoms with Crippen molar-refractivity contribution < 1.29 is 4.74 Å². The van der Waals surface area contributed by atoms with Gasteiger partial charge in [0.25, 0.3) is 0 Å². The Morgan fingerprint density at radius 1 is 1.54 bits per heavy atom. The van der Waals surface area contributed by atoms with Crippen LogP contribution in [0.15, 0.2) is 29.0 Å². The normalized spacial score (nSPS) is 11.2. The zero-order valence-corrected chi connectivity index (χ0v) is 6.90. The number of allylic oxidation sites excluding steroid dienone is 2. The molecule has 0 heterocycles. The van der Waals surface area contributed by atoms with Crippen LogP contribution in [-0.4, -0.2) is 13.0 Å². The third-order valence-corrected chi connectivity index (χ3v) is 0.952. The minimum atomic E-state index is -0.235. The topological polar surface area (TPSA) is 95.2 Å². The van der Waals surface area contributed by atoms with Gasteiger partial charge >= 0.3 is 0 Å². The molecule has 0 aliphatic rings. The highest BCUT2D eigenvalue weighted by Crippen LogP contribution is 1.96. The Labute approximate surface area is 76.0 Å². The van der Waals surface area contributed by atoms with Crippen molar-refractivity contribution in [3.05, 3.63) is 24.0 Å². The molecule has 0 aliphatic heterocycles. The Morgan fingerprint density at radius 2 is 2.23 bits per heavy atom. The van der Waals surface area contributed by atoms with Gasteiger partial charge in [-0.2, -0.15) is 10.5 Å². The summed E-state index contributed by atoms with van der Waals surface area (Å²) in [5.41, 5.74) is 4.75. The average molecular weight is 176 g/mol. The molecular formula is C8H8N4O. The Kier molecular flexibility index (Phi) is 5.32. The number of ether oxygens (including phenoxy) is 1. The van der Waals surface area contributed by atoms with E-state index in [4.69, 9.17) is 21.0 Å². The van der Waals surface area contributed by atoms with Crippen LogP contribution in [-0.2, 0) is 4.74 Å². The second-order valence-corrected chi connectivity index (χ2v) is 1.84. The van der Waals surface area contributed by atoms with E-state index in [2.05, 4.69) is 11.6 Å². The van der Waals surface area contributed by atoms with Gasteiger partial charge in [0.05, 0.1) is 0 Å². The van der Waals surface area contributed by atoms with E-state index in [1.807, 2.05) is 0 Å². The first-order valence-electron chi connectivity index (χ1n) is 3.31. The van der Waals surface area contributed by atoms with E-state index in [0.29, 0.717) is 0 Å². The fourth-order valence-electron chi connectivity index (χ4n) is 0.413. The van der Waals surface area contributed by atoms with Gasteiger partial charge < -0.3 is 10.5 Å². The Bertz CT molecular complexity index is 316. The maximum absolute atomic E-state index is 8.46. The number of rotatable bonds is 4. The Morgan fingerprint density at radius 3 is 2.69 bits per heavy atom. The molecule has 0 saturated heterocycles. The standard InChI is InChI=1S/C8H8N4O/c1-2-3-13-6-12-8(5-10)7(11)4-9/h2,6H,1,3,11H2/b8-7+,12-6-. The summed E-state index contributed by atoms with van der Waals surface area (Å²) >= 11 is 0. The molecule has 0 radical (unpaired) electrons. The van der Waals surface area contributed by atoms with Gasteiger partial charge in [0.1, 0.15) is 24.4 Å². The lowest BCUT2D eigenvalue weighted by molar-refractivity contribution is 0.368. The molecule has 0 aromatic heterocycles. The smallest absolute Gasteiger partial charge is 0.177 e. The summed E-state index contributed by atoms with van der Waals surface area (Å²) in [6, 6.07) is 3.26. The van der Waals surface area contributed by atoms with Crippen LogP contribution in [0.25, 0.3) is 0 Å². The average Bonchev–Trinajstić information content (AvgIpc) is 2.17. The monoisotopic (exact) mass is 176 g/mol. The SMILES string of the molecule is C=CCO/C=N\C(C#N)=C(\N)C#N. The molecule has 0 amide bonds. The van der Waals surface area contributed by atoms with Crippen LogP contribution >= 0.6 is 0 Å². The van der Waals surface area contributed by atoms with Crippen LogP contribution < -0.4 is 5.73 Å². The molecule has 0 unspecified atom stereocenters. The van der Waals surface area contributed by atoms with Crippen LogP contribution in [0.5, 0.6) is 0 Å². The van der Waals surface area contributed by atoms with Crippen LogP contribution in [0.4, 0.5) is 0 Å². The molecule has 66 valence electrons. The third-order valence-electron chi connectivity index (χ3n) is 0.952. The molecule has 0 bridgehead atoms. The molecule has 0 fully saturated rings. The summed E-state index contributed by atoms with van der Waals surface area (Å²) in [6.45, 7) is 3.69. The fraction of sp³-hybridized carbons (Fsp3) is 0.125. The summed E-state index contributed by atoms with van der Waals surface area (Å²) < 4.78 is 4.75. The van der Waals surface area contributed by atoms with Gasteiger partial charge in [-0.3, -0.25) is 0 Å². The highest BCUT2D eigenvalue weighted by atomic mass is 16.5. The molecule has 0 atom stereocenters. The zero-order chi connectivity index (χ0) is 10.1. The first-order chi connectivity index (χ1) is 6.26. The van der Waals surface area contributed by atoms with Crippen LogP contribution in [0, 0.1) is 22.7 Å². The van der Waals surface area contributed by atoms with Crippen molar-refractivity contribution in [3.8, 4) is 12.1 Å². The Hall–Kier alpha value is -2.27. The second-order valence-electron chi connectivity index (χ2n) is 1.84. The summed E-state index contributed by atoms with van der Waals surface area (Å²) in [6.07, 6.45) is 2.57. The summed E-state index contributed by atoms with van der Waals surface area (Å²) in [5.74, 6) is 0. The van der Waals surface area contributed by atoms with Gasteiger partial charge in [-0.05, 0) is 0 Å². The number of hydrogen-bond acceptors (Lipinski definition) is 5. The van der Waals surface area contributed by atoms with Crippen molar-refractivity contribution in [2.75, 3.05) is 6.61 Å². The van der Waals surface area contributed by atoms with Crippen molar-refractivity contribution >= 4 is 6.40 Å². The highest BCUT2D eigenvalue weighted by Gasteiger charge is 1.97. The van der Waals surface area contributed by atoms with E-state index in [1.165, 1.54) is 6.08 Å². The molecule has 5 heteroatoms. The van der Waals surface area contributed by atoms with E-state index >= 15 is 0 Å². The second kappa shape index (κ2) is 6.44. The van der Waals surface area contributed by atoms with Gasteiger partial charge in [-0.1, -0.05) is 12.7 Å². The van der Waals surface area contributed by atoms with Crippen LogP contribution in [0.2, 0.25) is 0 Å². The third kappa shape index (κ3) is 4.23. The zero-order valence-electron chi connectivity index (χ0n) is 6.90. The lowest BCUT2D eigenvalue weighted by Gasteiger charge is -1.92. The molecule has 0 saturated carbocycles. The van der Waals surface area contributed by atoms with Crippen LogP contribution in [0.1, 0.15) is 0 Å².